The van der Waals surface area contributed by atoms with E-state index in [-0.39, 0.29) is 5.41 Å². The minimum Gasteiger partial charge on any atom is -0.342 e. The summed E-state index contributed by atoms with van der Waals surface area (Å²) in [5.74, 6) is 2.39. The SMILES string of the molecule is CC(C)C1CCCN(C(=O)C2(C(C)C)CCNC2)CC1. The zero-order chi connectivity index (χ0) is 14.8. The van der Waals surface area contributed by atoms with Crippen molar-refractivity contribution < 1.29 is 4.79 Å². The molecular weight excluding hydrogens is 248 g/mol. The molecule has 0 aromatic heterocycles. The number of likely N-dealkylation sites (tertiary alicyclic amines) is 1. The van der Waals surface area contributed by atoms with Crippen molar-refractivity contribution in [1.82, 2.24) is 10.2 Å². The highest BCUT2D eigenvalue weighted by atomic mass is 16.2. The number of amides is 1. The van der Waals surface area contributed by atoms with Crippen molar-refractivity contribution in [1.29, 1.82) is 0 Å². The van der Waals surface area contributed by atoms with Crippen LogP contribution in [0.5, 0.6) is 0 Å². The van der Waals surface area contributed by atoms with Crippen LogP contribution < -0.4 is 5.32 Å². The zero-order valence-corrected chi connectivity index (χ0v) is 13.7. The van der Waals surface area contributed by atoms with Gasteiger partial charge in [-0.05, 0) is 50.0 Å². The molecule has 2 heterocycles. The third kappa shape index (κ3) is 3.03. The second kappa shape index (κ2) is 6.46. The summed E-state index contributed by atoms with van der Waals surface area (Å²) < 4.78 is 0. The fraction of sp³-hybridized carbons (Fsp3) is 0.941. The number of nitrogens with one attached hydrogen (secondary N) is 1. The first-order valence-corrected chi connectivity index (χ1v) is 8.47. The van der Waals surface area contributed by atoms with E-state index in [0.29, 0.717) is 11.8 Å². The molecule has 0 aromatic carbocycles. The summed E-state index contributed by atoms with van der Waals surface area (Å²) in [7, 11) is 0. The molecule has 3 nitrogen and oxygen atoms in total. The van der Waals surface area contributed by atoms with Crippen LogP contribution in [-0.2, 0) is 4.79 Å². The van der Waals surface area contributed by atoms with Gasteiger partial charge in [-0.1, -0.05) is 27.7 Å². The van der Waals surface area contributed by atoms with Crippen molar-refractivity contribution in [2.24, 2.45) is 23.2 Å². The molecule has 116 valence electrons. The molecule has 2 rings (SSSR count). The van der Waals surface area contributed by atoms with Crippen LogP contribution in [0, 0.1) is 23.2 Å². The van der Waals surface area contributed by atoms with Crippen LogP contribution in [0.3, 0.4) is 0 Å². The van der Waals surface area contributed by atoms with E-state index in [1.165, 1.54) is 19.3 Å². The fourth-order valence-electron chi connectivity index (χ4n) is 3.94. The monoisotopic (exact) mass is 280 g/mol. The average molecular weight is 280 g/mol. The van der Waals surface area contributed by atoms with Gasteiger partial charge in [-0.3, -0.25) is 4.79 Å². The second-order valence-electron chi connectivity index (χ2n) is 7.46. The highest BCUT2D eigenvalue weighted by Gasteiger charge is 2.46. The highest BCUT2D eigenvalue weighted by Crippen LogP contribution is 2.37. The summed E-state index contributed by atoms with van der Waals surface area (Å²) >= 11 is 0. The third-order valence-corrected chi connectivity index (χ3v) is 5.72. The minimum absolute atomic E-state index is 0.141. The highest BCUT2D eigenvalue weighted by molar-refractivity contribution is 5.83. The maximum atomic E-state index is 13.1. The Balaban J connectivity index is 2.05. The zero-order valence-electron chi connectivity index (χ0n) is 13.7. The third-order valence-electron chi connectivity index (χ3n) is 5.72. The van der Waals surface area contributed by atoms with E-state index in [9.17, 15) is 4.79 Å². The van der Waals surface area contributed by atoms with Gasteiger partial charge in [0.25, 0.3) is 0 Å². The molecule has 1 N–H and O–H groups in total. The molecule has 2 atom stereocenters. The summed E-state index contributed by atoms with van der Waals surface area (Å²) in [6, 6.07) is 0. The van der Waals surface area contributed by atoms with Crippen LogP contribution >= 0.6 is 0 Å². The Kier molecular flexibility index (Phi) is 5.11. The summed E-state index contributed by atoms with van der Waals surface area (Å²) in [5.41, 5.74) is -0.141. The normalized spacial score (nSPS) is 31.9. The lowest BCUT2D eigenvalue weighted by atomic mass is 9.75. The molecular formula is C17H32N2O. The molecule has 2 saturated heterocycles. The number of hydrogen-bond donors (Lipinski definition) is 1. The quantitative estimate of drug-likeness (QED) is 0.862. The van der Waals surface area contributed by atoms with Gasteiger partial charge in [0.15, 0.2) is 0 Å². The van der Waals surface area contributed by atoms with Gasteiger partial charge in [0.05, 0.1) is 5.41 Å². The Hall–Kier alpha value is -0.570. The molecule has 0 spiro atoms. The van der Waals surface area contributed by atoms with Gasteiger partial charge in [-0.15, -0.1) is 0 Å². The molecule has 0 radical (unpaired) electrons. The van der Waals surface area contributed by atoms with E-state index in [2.05, 4.69) is 37.9 Å². The maximum Gasteiger partial charge on any atom is 0.230 e. The van der Waals surface area contributed by atoms with E-state index >= 15 is 0 Å². The van der Waals surface area contributed by atoms with Gasteiger partial charge in [0, 0.05) is 19.6 Å². The van der Waals surface area contributed by atoms with Gasteiger partial charge in [0.2, 0.25) is 5.91 Å². The van der Waals surface area contributed by atoms with Crippen LogP contribution in [0.1, 0.15) is 53.4 Å². The van der Waals surface area contributed by atoms with Crippen molar-refractivity contribution in [3.63, 3.8) is 0 Å². The second-order valence-corrected chi connectivity index (χ2v) is 7.46. The molecule has 1 amide bonds. The predicted molar refractivity (Wildman–Crippen MR) is 83.5 cm³/mol. The topological polar surface area (TPSA) is 32.3 Å². The summed E-state index contributed by atoms with van der Waals surface area (Å²) in [5, 5.41) is 3.41. The van der Waals surface area contributed by atoms with E-state index < -0.39 is 0 Å². The molecule has 2 aliphatic rings. The smallest absolute Gasteiger partial charge is 0.230 e. The standard InChI is InChI=1S/C17H32N2O/c1-13(2)15-6-5-10-19(11-7-15)16(20)17(14(3)4)8-9-18-12-17/h13-15,18H,5-12H2,1-4H3. The number of rotatable bonds is 3. The van der Waals surface area contributed by atoms with Gasteiger partial charge in [-0.25, -0.2) is 0 Å². The first kappa shape index (κ1) is 15.8. The van der Waals surface area contributed by atoms with Crippen molar-refractivity contribution in [3.8, 4) is 0 Å². The van der Waals surface area contributed by atoms with Crippen LogP contribution in [-0.4, -0.2) is 37.0 Å². The van der Waals surface area contributed by atoms with Gasteiger partial charge < -0.3 is 10.2 Å². The Labute approximate surface area is 124 Å². The summed E-state index contributed by atoms with van der Waals surface area (Å²) in [6.07, 6.45) is 4.66. The molecule has 0 aromatic rings. The Bertz CT molecular complexity index is 332. The van der Waals surface area contributed by atoms with E-state index in [1.54, 1.807) is 0 Å². The average Bonchev–Trinajstić information content (AvgIpc) is 2.77. The van der Waals surface area contributed by atoms with Gasteiger partial charge in [0.1, 0.15) is 0 Å². The van der Waals surface area contributed by atoms with Crippen LogP contribution in [0.2, 0.25) is 0 Å². The van der Waals surface area contributed by atoms with Crippen molar-refractivity contribution in [2.45, 2.75) is 53.4 Å². The van der Waals surface area contributed by atoms with Gasteiger partial charge >= 0.3 is 0 Å². The predicted octanol–water partition coefficient (Wildman–Crippen LogP) is 2.91. The number of nitrogens with zero attached hydrogens (tertiary/aromatic N) is 1. The van der Waals surface area contributed by atoms with Crippen molar-refractivity contribution in [3.05, 3.63) is 0 Å². The maximum absolute atomic E-state index is 13.1. The molecule has 0 bridgehead atoms. The molecule has 0 saturated carbocycles. The molecule has 2 aliphatic heterocycles. The molecule has 0 aliphatic carbocycles. The summed E-state index contributed by atoms with van der Waals surface area (Å²) in [4.78, 5) is 15.3. The van der Waals surface area contributed by atoms with E-state index in [0.717, 1.165) is 44.4 Å². The van der Waals surface area contributed by atoms with Crippen LogP contribution in [0.25, 0.3) is 0 Å². The first-order chi connectivity index (χ1) is 9.47. The van der Waals surface area contributed by atoms with E-state index in [4.69, 9.17) is 0 Å². The van der Waals surface area contributed by atoms with Crippen molar-refractivity contribution in [2.75, 3.05) is 26.2 Å². The molecule has 2 unspecified atom stereocenters. The lowest BCUT2D eigenvalue weighted by Gasteiger charge is -2.36. The minimum atomic E-state index is -0.141. The fourth-order valence-corrected chi connectivity index (χ4v) is 3.94. The summed E-state index contributed by atoms with van der Waals surface area (Å²) in [6.45, 7) is 12.9. The lowest BCUT2D eigenvalue weighted by molar-refractivity contribution is -0.143. The molecule has 20 heavy (non-hydrogen) atoms. The van der Waals surface area contributed by atoms with E-state index in [1.807, 2.05) is 0 Å². The number of hydrogen-bond acceptors (Lipinski definition) is 2. The molecule has 2 fully saturated rings. The lowest BCUT2D eigenvalue weighted by Crippen LogP contribution is -2.48. The number of carbonyl (C=O) groups excluding carboxylic acids is 1. The van der Waals surface area contributed by atoms with Crippen LogP contribution in [0.4, 0.5) is 0 Å². The largest absolute Gasteiger partial charge is 0.342 e. The number of carbonyl (C=O) groups is 1. The Morgan fingerprint density at radius 2 is 1.95 bits per heavy atom. The Morgan fingerprint density at radius 3 is 2.50 bits per heavy atom. The van der Waals surface area contributed by atoms with Crippen LogP contribution in [0.15, 0.2) is 0 Å². The van der Waals surface area contributed by atoms with Crippen molar-refractivity contribution >= 4 is 5.91 Å². The van der Waals surface area contributed by atoms with Gasteiger partial charge in [-0.2, -0.15) is 0 Å². The molecule has 3 heteroatoms. The Morgan fingerprint density at radius 1 is 1.20 bits per heavy atom. The first-order valence-electron chi connectivity index (χ1n) is 8.47.